The fourth-order valence-corrected chi connectivity index (χ4v) is 9.20. The number of aliphatic hydroxyl groups is 2. The Balaban J connectivity index is 1.65. The van der Waals surface area contributed by atoms with E-state index in [-0.39, 0.29) is 83.6 Å². The molecule has 11 atom stereocenters. The van der Waals surface area contributed by atoms with Crippen LogP contribution in [0.4, 0.5) is 10.5 Å². The highest BCUT2D eigenvalue weighted by Crippen LogP contribution is 2.23. The molecule has 31 nitrogen and oxygen atoms in total. The number of nitrogens with two attached hydrogens (primary N) is 5. The van der Waals surface area contributed by atoms with Gasteiger partial charge in [-0.15, -0.1) is 0 Å². The van der Waals surface area contributed by atoms with Crippen molar-refractivity contribution >= 4 is 70.8 Å². The second kappa shape index (κ2) is 37.2. The van der Waals surface area contributed by atoms with Crippen LogP contribution < -0.4 is 97.2 Å². The first-order valence-corrected chi connectivity index (χ1v) is 29.7. The van der Waals surface area contributed by atoms with Crippen LogP contribution in [0.15, 0.2) is 84.9 Å². The molecule has 0 spiro atoms. The van der Waals surface area contributed by atoms with Crippen LogP contribution in [0.3, 0.4) is 0 Å². The fraction of sp³-hybridized carbons (Fsp3) is 0.508. The lowest BCUT2D eigenvalue weighted by atomic mass is 10.00. The van der Waals surface area contributed by atoms with Gasteiger partial charge in [0.25, 0.3) is 5.91 Å². The first-order valence-electron chi connectivity index (χ1n) is 29.7. The lowest BCUT2D eigenvalue weighted by molar-refractivity contribution is -0.148. The van der Waals surface area contributed by atoms with Gasteiger partial charge >= 0.3 is 6.03 Å². The highest BCUT2D eigenvalue weighted by atomic mass is 16.5. The number of aliphatic hydroxyl groups excluding tert-OH is 1. The van der Waals surface area contributed by atoms with Gasteiger partial charge in [0, 0.05) is 18.7 Å². The van der Waals surface area contributed by atoms with Crippen molar-refractivity contribution in [2.75, 3.05) is 44.6 Å². The molecular formula is C59H89N17O14. The minimum absolute atomic E-state index is 0.0297. The zero-order valence-corrected chi connectivity index (χ0v) is 51.0. The van der Waals surface area contributed by atoms with Gasteiger partial charge in [-0.1, -0.05) is 62.4 Å². The topological polar surface area (TPSA) is 512 Å². The Morgan fingerprint density at radius 2 is 1.06 bits per heavy atom. The highest BCUT2D eigenvalue weighted by Gasteiger charge is 2.39. The number of rotatable bonds is 25. The standard InChI is InChI=1S/C59H89N17O14/c1-33(2)31-45-53(83)68-39(19-25-60)48(78)69-43(23-29-64)55(85)76-59(4,89)57(87)65-30-24-44(51(81)67-40(20-26-61)50(80)73-46(54(84)72-45)32-35-11-7-5-8-12-35)70-49(79)41(21-27-62)71-56(86)47(34(3)77)75-52(82)42(22-28-63)74-58(88)66-36-15-17-38(18-16-36)90-37-13-9-6-10-14-37/h5-18,33-34,39-47,77,89H,19-32,60-64H2,1-4H3,(H,65,87)(H,67,81)(H,68,83)(H,69,78)(H,70,79)(H,71,86)(H,72,84)(H,73,80)(H,75,82)(H,76,85)(H2,66,74,88)/t34-,39+,40+,41+,42+,43+,44+,45+,46-,47+,59+/m1/s1. The molecule has 0 aliphatic carbocycles. The van der Waals surface area contributed by atoms with Crippen LogP contribution in [0, 0.1) is 5.92 Å². The summed E-state index contributed by atoms with van der Waals surface area (Å²) < 4.78 is 5.79. The van der Waals surface area contributed by atoms with Crippen LogP contribution >= 0.6 is 0 Å². The number of hydrogen-bond donors (Lipinski definition) is 19. The van der Waals surface area contributed by atoms with Crippen molar-refractivity contribution in [3.8, 4) is 11.5 Å². The van der Waals surface area contributed by atoms with Crippen molar-refractivity contribution in [1.82, 2.24) is 58.5 Å². The minimum atomic E-state index is -2.72. The summed E-state index contributed by atoms with van der Waals surface area (Å²) in [6, 6.07) is 9.38. The monoisotopic (exact) mass is 1260 g/mol. The van der Waals surface area contributed by atoms with E-state index in [1.807, 2.05) is 6.07 Å². The van der Waals surface area contributed by atoms with E-state index >= 15 is 0 Å². The van der Waals surface area contributed by atoms with Gasteiger partial charge < -0.3 is 107 Å². The minimum Gasteiger partial charge on any atom is -0.457 e. The molecule has 90 heavy (non-hydrogen) atoms. The zero-order chi connectivity index (χ0) is 66.5. The molecule has 3 aromatic carbocycles. The Morgan fingerprint density at radius 3 is 1.59 bits per heavy atom. The Kier molecular flexibility index (Phi) is 30.4. The van der Waals surface area contributed by atoms with Crippen molar-refractivity contribution in [2.24, 2.45) is 34.6 Å². The SMILES string of the molecule is CC(C)C[C@@H]1NC(=O)[C@@H](Cc2ccccc2)NC(=O)[C@H](CCN)NC(=O)[C@@H](NC(=O)[C@H](CCN)NC(=O)[C@@H](NC(=O)[C@H](CCN)NC(=O)Nc2ccc(Oc3ccccc3)cc2)[C@@H](C)O)CCNC(=O)[C@](C)(O)NC(=O)[C@H](CCN)NC(=O)[C@H](CCN)NC1=O. The summed E-state index contributed by atoms with van der Waals surface area (Å²) in [7, 11) is 0. The third-order valence-corrected chi connectivity index (χ3v) is 14.0. The average Bonchev–Trinajstić information content (AvgIpc) is 1.35. The van der Waals surface area contributed by atoms with Gasteiger partial charge in [-0.25, -0.2) is 4.79 Å². The quantitative estimate of drug-likeness (QED) is 0.0381. The number of urea groups is 1. The summed E-state index contributed by atoms with van der Waals surface area (Å²) in [6.07, 6.45) is -3.33. The lowest BCUT2D eigenvalue weighted by Crippen LogP contribution is -2.63. The van der Waals surface area contributed by atoms with E-state index < -0.39 is 144 Å². The van der Waals surface area contributed by atoms with Crippen LogP contribution in [0.25, 0.3) is 0 Å². The molecule has 1 fully saturated rings. The maximum absolute atomic E-state index is 14.5. The maximum Gasteiger partial charge on any atom is 0.319 e. The van der Waals surface area contributed by atoms with E-state index in [0.29, 0.717) is 22.7 Å². The second-order valence-corrected chi connectivity index (χ2v) is 22.1. The van der Waals surface area contributed by atoms with Gasteiger partial charge in [-0.05, 0) is 139 Å². The number of anilines is 1. The summed E-state index contributed by atoms with van der Waals surface area (Å²) in [4.78, 5) is 154. The van der Waals surface area contributed by atoms with E-state index in [2.05, 4.69) is 63.8 Å². The summed E-state index contributed by atoms with van der Waals surface area (Å²) in [5.41, 5.74) is 27.5. The number of nitrogens with one attached hydrogen (secondary N) is 12. The number of benzene rings is 3. The van der Waals surface area contributed by atoms with Crippen LogP contribution in [-0.4, -0.2) is 181 Å². The number of para-hydroxylation sites is 1. The normalized spacial score (nSPS) is 22.2. The average molecular weight is 1260 g/mol. The molecular weight excluding hydrogens is 1170 g/mol. The van der Waals surface area contributed by atoms with E-state index in [1.165, 1.54) is 6.92 Å². The van der Waals surface area contributed by atoms with Crippen molar-refractivity contribution in [1.29, 1.82) is 0 Å². The van der Waals surface area contributed by atoms with Gasteiger partial charge in [-0.2, -0.15) is 0 Å². The van der Waals surface area contributed by atoms with Crippen LogP contribution in [0.1, 0.15) is 78.2 Å². The molecule has 494 valence electrons. The molecule has 1 saturated heterocycles. The molecule has 0 radical (unpaired) electrons. The van der Waals surface area contributed by atoms with Gasteiger partial charge in [0.1, 0.15) is 65.9 Å². The lowest BCUT2D eigenvalue weighted by Gasteiger charge is -2.29. The third-order valence-electron chi connectivity index (χ3n) is 14.0. The van der Waals surface area contributed by atoms with Crippen LogP contribution in [0.5, 0.6) is 11.5 Å². The Morgan fingerprint density at radius 1 is 0.578 bits per heavy atom. The fourth-order valence-electron chi connectivity index (χ4n) is 9.20. The molecule has 0 saturated carbocycles. The Labute approximate surface area is 521 Å². The Hall–Kier alpha value is -8.85. The summed E-state index contributed by atoms with van der Waals surface area (Å²) in [5, 5.41) is 52.1. The van der Waals surface area contributed by atoms with Gasteiger partial charge in [0.2, 0.25) is 58.9 Å². The van der Waals surface area contributed by atoms with E-state index in [9.17, 15) is 63.0 Å². The van der Waals surface area contributed by atoms with E-state index in [4.69, 9.17) is 33.4 Å². The van der Waals surface area contributed by atoms with Crippen molar-refractivity contribution in [2.45, 2.75) is 145 Å². The predicted molar refractivity (Wildman–Crippen MR) is 330 cm³/mol. The first kappa shape index (κ1) is 73.6. The molecule has 3 aromatic rings. The molecule has 31 heteroatoms. The summed E-state index contributed by atoms with van der Waals surface area (Å²) in [6.45, 7) is 4.19. The molecule has 4 rings (SSSR count). The molecule has 24 N–H and O–H groups in total. The number of carbonyl (C=O) groups is 11. The van der Waals surface area contributed by atoms with E-state index in [0.717, 1.165) is 6.92 Å². The maximum atomic E-state index is 14.5. The third kappa shape index (κ3) is 24.3. The van der Waals surface area contributed by atoms with Crippen molar-refractivity contribution in [3.05, 3.63) is 90.5 Å². The van der Waals surface area contributed by atoms with Crippen LogP contribution in [-0.2, 0) is 54.4 Å². The predicted octanol–water partition coefficient (Wildman–Crippen LogP) is -4.39. The second-order valence-electron chi connectivity index (χ2n) is 22.1. The molecule has 1 aliphatic rings. The van der Waals surface area contributed by atoms with Crippen molar-refractivity contribution in [3.63, 3.8) is 0 Å². The largest absolute Gasteiger partial charge is 0.457 e. The molecule has 0 bridgehead atoms. The molecule has 0 aromatic heterocycles. The summed E-state index contributed by atoms with van der Waals surface area (Å²) >= 11 is 0. The van der Waals surface area contributed by atoms with Gasteiger partial charge in [-0.3, -0.25) is 47.9 Å². The molecule has 12 amide bonds. The number of amides is 12. The van der Waals surface area contributed by atoms with E-state index in [1.54, 1.807) is 92.7 Å². The number of ether oxygens (including phenoxy) is 1. The number of hydrogen-bond acceptors (Lipinski definition) is 19. The van der Waals surface area contributed by atoms with Gasteiger partial charge in [0.05, 0.1) is 6.10 Å². The molecule has 1 heterocycles. The smallest absolute Gasteiger partial charge is 0.319 e. The zero-order valence-electron chi connectivity index (χ0n) is 51.0. The van der Waals surface area contributed by atoms with Crippen molar-refractivity contribution < 1.29 is 67.7 Å². The molecule has 1 aliphatic heterocycles. The number of carbonyl (C=O) groups excluding carboxylic acids is 11. The highest BCUT2D eigenvalue weighted by molar-refractivity contribution is 6.00. The molecule has 0 unspecified atom stereocenters. The summed E-state index contributed by atoms with van der Waals surface area (Å²) in [5.74, 6) is -9.20. The van der Waals surface area contributed by atoms with Gasteiger partial charge in [0.15, 0.2) is 0 Å². The Bertz CT molecular complexity index is 2870. The van der Waals surface area contributed by atoms with Crippen LogP contribution in [0.2, 0.25) is 0 Å². The first-order chi connectivity index (χ1) is 42.8.